The monoisotopic (exact) mass is 257 g/mol. The van der Waals surface area contributed by atoms with Gasteiger partial charge in [0, 0.05) is 6.07 Å². The third-order valence-corrected chi connectivity index (χ3v) is 2.41. The summed E-state index contributed by atoms with van der Waals surface area (Å²) in [4.78, 5) is 0. The van der Waals surface area contributed by atoms with E-state index >= 15 is 0 Å². The fourth-order valence-corrected chi connectivity index (χ4v) is 1.61. The van der Waals surface area contributed by atoms with Gasteiger partial charge in [-0.1, -0.05) is 12.1 Å². The van der Waals surface area contributed by atoms with E-state index in [-0.39, 0.29) is 0 Å². The third kappa shape index (κ3) is 2.30. The van der Waals surface area contributed by atoms with Gasteiger partial charge in [0.05, 0.1) is 6.61 Å². The quantitative estimate of drug-likeness (QED) is 0.708. The second-order valence-corrected chi connectivity index (χ2v) is 3.68. The molecule has 0 spiro atoms. The number of aromatic nitrogens is 5. The van der Waals surface area contributed by atoms with E-state index in [4.69, 9.17) is 9.47 Å². The van der Waals surface area contributed by atoms with Crippen molar-refractivity contribution < 1.29 is 9.47 Å². The van der Waals surface area contributed by atoms with E-state index < -0.39 is 0 Å². The zero-order chi connectivity index (χ0) is 13.1. The molecule has 0 saturated carbocycles. The van der Waals surface area contributed by atoms with Gasteiger partial charge in [-0.2, -0.15) is 0 Å². The van der Waals surface area contributed by atoms with Gasteiger partial charge in [-0.25, -0.2) is 0 Å². The standard InChI is InChI=1S/C12H11N5O2/c1-2-18-9-5-3-4-6-10(9)19-12-8-7-11-13-15-16-17(11)14-12/h3-8H,2H2,1H3. The molecule has 0 aliphatic heterocycles. The summed E-state index contributed by atoms with van der Waals surface area (Å²) in [5.74, 6) is 1.67. The Morgan fingerprint density at radius 3 is 2.79 bits per heavy atom. The maximum atomic E-state index is 5.69. The van der Waals surface area contributed by atoms with Gasteiger partial charge in [-0.3, -0.25) is 0 Å². The van der Waals surface area contributed by atoms with Gasteiger partial charge < -0.3 is 9.47 Å². The summed E-state index contributed by atoms with van der Waals surface area (Å²) in [5.41, 5.74) is 0.561. The van der Waals surface area contributed by atoms with Crippen molar-refractivity contribution in [3.8, 4) is 17.4 Å². The number of ether oxygens (including phenoxy) is 2. The van der Waals surface area contributed by atoms with Crippen LogP contribution in [0.15, 0.2) is 36.4 Å². The lowest BCUT2D eigenvalue weighted by Gasteiger charge is -2.10. The highest BCUT2D eigenvalue weighted by Gasteiger charge is 2.07. The number of para-hydroxylation sites is 2. The van der Waals surface area contributed by atoms with Crippen LogP contribution in [0.25, 0.3) is 5.65 Å². The molecule has 96 valence electrons. The van der Waals surface area contributed by atoms with Crippen molar-refractivity contribution >= 4 is 5.65 Å². The summed E-state index contributed by atoms with van der Waals surface area (Å²) in [6.07, 6.45) is 0. The average Bonchev–Trinajstić information content (AvgIpc) is 2.89. The zero-order valence-corrected chi connectivity index (χ0v) is 10.2. The van der Waals surface area contributed by atoms with Gasteiger partial charge in [-0.05, 0) is 35.5 Å². The SMILES string of the molecule is CCOc1ccccc1Oc1ccc2nnnn2n1. The summed E-state index contributed by atoms with van der Waals surface area (Å²) in [7, 11) is 0. The average molecular weight is 257 g/mol. The van der Waals surface area contributed by atoms with E-state index in [2.05, 4.69) is 20.6 Å². The van der Waals surface area contributed by atoms with Crippen LogP contribution in [0.3, 0.4) is 0 Å². The summed E-state index contributed by atoms with van der Waals surface area (Å²) >= 11 is 0. The normalized spacial score (nSPS) is 10.6. The number of fused-ring (bicyclic) bond motifs is 1. The summed E-state index contributed by atoms with van der Waals surface area (Å²) in [6, 6.07) is 10.8. The predicted molar refractivity (Wildman–Crippen MR) is 66.3 cm³/mol. The minimum absolute atomic E-state index is 0.395. The minimum Gasteiger partial charge on any atom is -0.490 e. The van der Waals surface area contributed by atoms with Gasteiger partial charge in [0.2, 0.25) is 5.88 Å². The van der Waals surface area contributed by atoms with E-state index in [1.54, 1.807) is 12.1 Å². The first-order valence-corrected chi connectivity index (χ1v) is 5.82. The van der Waals surface area contributed by atoms with Gasteiger partial charge in [-0.15, -0.1) is 14.8 Å². The molecule has 2 heterocycles. The molecule has 0 bridgehead atoms. The zero-order valence-electron chi connectivity index (χ0n) is 10.2. The van der Waals surface area contributed by atoms with Crippen molar-refractivity contribution in [2.45, 2.75) is 6.92 Å². The molecule has 0 saturated heterocycles. The number of tetrazole rings is 1. The summed E-state index contributed by atoms with van der Waals surface area (Å²) in [6.45, 7) is 2.49. The molecule has 0 N–H and O–H groups in total. The maximum Gasteiger partial charge on any atom is 0.239 e. The Balaban J connectivity index is 1.91. The van der Waals surface area contributed by atoms with Crippen LogP contribution in [-0.2, 0) is 0 Å². The molecule has 0 fully saturated rings. The molecule has 1 aromatic carbocycles. The fourth-order valence-electron chi connectivity index (χ4n) is 1.61. The van der Waals surface area contributed by atoms with Crippen LogP contribution in [0.1, 0.15) is 6.92 Å². The molecule has 3 rings (SSSR count). The molecule has 7 nitrogen and oxygen atoms in total. The molecule has 0 radical (unpaired) electrons. The van der Waals surface area contributed by atoms with Crippen LogP contribution >= 0.6 is 0 Å². The number of hydrogen-bond donors (Lipinski definition) is 0. The number of nitrogens with zero attached hydrogens (tertiary/aromatic N) is 5. The highest BCUT2D eigenvalue weighted by Crippen LogP contribution is 2.30. The van der Waals surface area contributed by atoms with Crippen molar-refractivity contribution in [3.63, 3.8) is 0 Å². The Hall–Kier alpha value is -2.70. The number of rotatable bonds is 4. The molecular weight excluding hydrogens is 246 g/mol. The summed E-state index contributed by atoms with van der Waals surface area (Å²) < 4.78 is 12.5. The fraction of sp³-hybridized carbons (Fsp3) is 0.167. The van der Waals surface area contributed by atoms with Crippen LogP contribution in [0.2, 0.25) is 0 Å². The molecule has 0 aliphatic rings. The molecule has 0 unspecified atom stereocenters. The van der Waals surface area contributed by atoms with E-state index in [0.717, 1.165) is 0 Å². The van der Waals surface area contributed by atoms with Crippen molar-refractivity contribution in [1.29, 1.82) is 0 Å². The number of benzene rings is 1. The molecule has 3 aromatic rings. The van der Waals surface area contributed by atoms with Crippen LogP contribution in [0.4, 0.5) is 0 Å². The second kappa shape index (κ2) is 4.89. The van der Waals surface area contributed by atoms with E-state index in [1.165, 1.54) is 4.63 Å². The van der Waals surface area contributed by atoms with E-state index in [9.17, 15) is 0 Å². The van der Waals surface area contributed by atoms with E-state index in [0.29, 0.717) is 29.6 Å². The predicted octanol–water partition coefficient (Wildman–Crippen LogP) is 1.71. The van der Waals surface area contributed by atoms with Crippen molar-refractivity contribution in [3.05, 3.63) is 36.4 Å². The molecule has 0 atom stereocenters. The van der Waals surface area contributed by atoms with Crippen LogP contribution in [0.5, 0.6) is 17.4 Å². The highest BCUT2D eigenvalue weighted by molar-refractivity contribution is 5.42. The molecule has 7 heteroatoms. The highest BCUT2D eigenvalue weighted by atomic mass is 16.5. The Morgan fingerprint density at radius 1 is 1.11 bits per heavy atom. The van der Waals surface area contributed by atoms with Gasteiger partial charge >= 0.3 is 0 Å². The smallest absolute Gasteiger partial charge is 0.239 e. The van der Waals surface area contributed by atoms with Crippen LogP contribution < -0.4 is 9.47 Å². The van der Waals surface area contributed by atoms with Crippen molar-refractivity contribution in [2.24, 2.45) is 0 Å². The summed E-state index contributed by atoms with van der Waals surface area (Å²) in [5, 5.41) is 15.1. The lowest BCUT2D eigenvalue weighted by atomic mass is 10.3. The molecule has 0 amide bonds. The third-order valence-electron chi connectivity index (χ3n) is 2.41. The Morgan fingerprint density at radius 2 is 1.95 bits per heavy atom. The second-order valence-electron chi connectivity index (χ2n) is 3.68. The van der Waals surface area contributed by atoms with Crippen LogP contribution in [0, 0.1) is 0 Å². The molecule has 0 aliphatic carbocycles. The minimum atomic E-state index is 0.395. The Labute approximate surface area is 108 Å². The molecular formula is C12H11N5O2. The first kappa shape index (κ1) is 11.4. The van der Waals surface area contributed by atoms with Gasteiger partial charge in [0.25, 0.3) is 0 Å². The first-order chi connectivity index (χ1) is 9.36. The van der Waals surface area contributed by atoms with Gasteiger partial charge in [0.1, 0.15) is 0 Å². The largest absolute Gasteiger partial charge is 0.490 e. The lowest BCUT2D eigenvalue weighted by molar-refractivity contribution is 0.318. The van der Waals surface area contributed by atoms with Crippen molar-refractivity contribution in [1.82, 2.24) is 25.3 Å². The lowest BCUT2D eigenvalue weighted by Crippen LogP contribution is -1.99. The topological polar surface area (TPSA) is 74.4 Å². The first-order valence-electron chi connectivity index (χ1n) is 5.82. The molecule has 19 heavy (non-hydrogen) atoms. The van der Waals surface area contributed by atoms with Gasteiger partial charge in [0.15, 0.2) is 17.1 Å². The van der Waals surface area contributed by atoms with Crippen molar-refractivity contribution in [2.75, 3.05) is 6.61 Å². The van der Waals surface area contributed by atoms with Crippen LogP contribution in [-0.4, -0.2) is 31.9 Å². The maximum absolute atomic E-state index is 5.69. The Bertz CT molecular complexity index is 697. The van der Waals surface area contributed by atoms with E-state index in [1.807, 2.05) is 31.2 Å². The Kier molecular flexibility index (Phi) is 2.93. The number of hydrogen-bond acceptors (Lipinski definition) is 6. The molecule has 2 aromatic heterocycles.